The Morgan fingerprint density at radius 1 is 1.00 bits per heavy atom. The molecule has 180 valence electrons. The monoisotopic (exact) mass is 507 g/mol. The van der Waals surface area contributed by atoms with Crippen LogP contribution >= 0.6 is 23.1 Å². The van der Waals surface area contributed by atoms with Crippen molar-refractivity contribution >= 4 is 55.9 Å². The van der Waals surface area contributed by atoms with Crippen molar-refractivity contribution < 1.29 is 4.57 Å². The summed E-state index contributed by atoms with van der Waals surface area (Å²) in [6.07, 6.45) is 13.7. The number of aryl methyl sites for hydroxylation is 1. The Morgan fingerprint density at radius 3 is 2.72 bits per heavy atom. The first-order valence-electron chi connectivity index (χ1n) is 12.7. The Morgan fingerprint density at radius 2 is 1.83 bits per heavy atom. The minimum absolute atomic E-state index is 0.247. The molecule has 0 spiro atoms. The van der Waals surface area contributed by atoms with E-state index in [4.69, 9.17) is 0 Å². The standard InChI is InChI=1S/C32H30N2S2/c1-4-34-26-13-7-8-14-27(26)36-30(34)19-23-18-22(20-32(2,3)21-23)10-9-15-29-33-31-25-12-6-5-11-24(25)16-17-28(31)35-29/h5-19H,4,20-21H2,1-3H3/p+1. The number of benzene rings is 3. The van der Waals surface area contributed by atoms with Gasteiger partial charge in [-0.2, -0.15) is 4.57 Å². The van der Waals surface area contributed by atoms with Gasteiger partial charge in [-0.1, -0.05) is 97.6 Å². The molecule has 0 fully saturated rings. The summed E-state index contributed by atoms with van der Waals surface area (Å²) in [5.74, 6) is 0. The van der Waals surface area contributed by atoms with Crippen LogP contribution in [0.25, 0.3) is 27.1 Å². The minimum Gasteiger partial charge on any atom is -0.349 e. The van der Waals surface area contributed by atoms with E-state index in [1.165, 1.54) is 52.8 Å². The number of hydrogen-bond acceptors (Lipinski definition) is 3. The molecule has 1 aliphatic heterocycles. The van der Waals surface area contributed by atoms with Crippen LogP contribution in [0.1, 0.15) is 38.6 Å². The molecular weight excluding hydrogens is 477 g/mol. The van der Waals surface area contributed by atoms with Crippen molar-refractivity contribution in [2.45, 2.75) is 45.1 Å². The first-order valence-corrected chi connectivity index (χ1v) is 14.3. The zero-order valence-corrected chi connectivity index (χ0v) is 22.7. The minimum atomic E-state index is 0.247. The predicted molar refractivity (Wildman–Crippen MR) is 157 cm³/mol. The van der Waals surface area contributed by atoms with E-state index < -0.39 is 0 Å². The van der Waals surface area contributed by atoms with Crippen LogP contribution in [0, 0.1) is 5.41 Å². The van der Waals surface area contributed by atoms with Crippen LogP contribution in [0.2, 0.25) is 0 Å². The highest BCUT2D eigenvalue weighted by atomic mass is 32.2. The van der Waals surface area contributed by atoms with Gasteiger partial charge in [-0.25, -0.2) is 0 Å². The second kappa shape index (κ2) is 9.42. The molecule has 1 N–H and O–H groups in total. The number of para-hydroxylation sites is 1. The van der Waals surface area contributed by atoms with Gasteiger partial charge in [0.1, 0.15) is 11.2 Å². The third kappa shape index (κ3) is 4.56. The second-order valence-corrected chi connectivity index (χ2v) is 12.5. The summed E-state index contributed by atoms with van der Waals surface area (Å²) < 4.78 is 3.79. The van der Waals surface area contributed by atoms with Crippen molar-refractivity contribution in [1.82, 2.24) is 0 Å². The smallest absolute Gasteiger partial charge is 0.263 e. The number of aromatic nitrogens is 1. The fraction of sp³-hybridized carbons (Fsp3) is 0.219. The van der Waals surface area contributed by atoms with Crippen molar-refractivity contribution in [3.63, 3.8) is 0 Å². The molecule has 4 aromatic rings. The van der Waals surface area contributed by atoms with E-state index in [1.54, 1.807) is 0 Å². The number of nitrogens with zero attached hydrogens (tertiary/aromatic N) is 1. The molecular formula is C32H31N2S2+. The van der Waals surface area contributed by atoms with E-state index >= 15 is 0 Å². The summed E-state index contributed by atoms with van der Waals surface area (Å²) in [7, 11) is 0. The molecule has 0 saturated carbocycles. The second-order valence-electron chi connectivity index (χ2n) is 10.4. The summed E-state index contributed by atoms with van der Waals surface area (Å²) in [6.45, 7) is 7.99. The number of thiazole rings is 1. The molecule has 0 amide bonds. The molecule has 2 heterocycles. The third-order valence-corrected chi connectivity index (χ3v) is 9.05. The number of fused-ring (bicyclic) bond motifs is 4. The van der Waals surface area contributed by atoms with Crippen LogP contribution in [-0.4, -0.2) is 0 Å². The number of thioether (sulfide) groups is 1. The molecule has 36 heavy (non-hydrogen) atoms. The predicted octanol–water partition coefficient (Wildman–Crippen LogP) is 9.11. The molecule has 0 unspecified atom stereocenters. The van der Waals surface area contributed by atoms with E-state index in [0.29, 0.717) is 0 Å². The van der Waals surface area contributed by atoms with Crippen LogP contribution < -0.4 is 9.88 Å². The Balaban J connectivity index is 1.26. The molecule has 4 heteroatoms. The maximum atomic E-state index is 3.64. The van der Waals surface area contributed by atoms with Crippen molar-refractivity contribution in [3.05, 3.63) is 106 Å². The molecule has 2 aliphatic rings. The maximum absolute atomic E-state index is 3.64. The number of hydrogen-bond donors (Lipinski definition) is 1. The fourth-order valence-corrected chi connectivity index (χ4v) is 7.56. The van der Waals surface area contributed by atoms with E-state index in [1.807, 2.05) is 23.1 Å². The van der Waals surface area contributed by atoms with Crippen molar-refractivity contribution in [2.24, 2.45) is 5.41 Å². The van der Waals surface area contributed by atoms with Gasteiger partial charge in [0.2, 0.25) is 5.52 Å². The first-order chi connectivity index (χ1) is 17.5. The van der Waals surface area contributed by atoms with Gasteiger partial charge in [-0.15, -0.1) is 0 Å². The highest BCUT2D eigenvalue weighted by Crippen LogP contribution is 2.45. The van der Waals surface area contributed by atoms with Crippen LogP contribution in [0.5, 0.6) is 0 Å². The van der Waals surface area contributed by atoms with E-state index in [9.17, 15) is 0 Å². The fourth-order valence-electron chi connectivity index (χ4n) is 5.42. The van der Waals surface area contributed by atoms with Gasteiger partial charge in [-0.3, -0.25) is 0 Å². The van der Waals surface area contributed by atoms with Gasteiger partial charge < -0.3 is 5.32 Å². The molecule has 0 saturated heterocycles. The zero-order valence-electron chi connectivity index (χ0n) is 21.0. The van der Waals surface area contributed by atoms with Gasteiger partial charge in [0, 0.05) is 22.4 Å². The van der Waals surface area contributed by atoms with E-state index in [-0.39, 0.29) is 5.41 Å². The molecule has 1 aromatic heterocycles. The normalized spacial score (nSPS) is 19.4. The van der Waals surface area contributed by atoms with Crippen molar-refractivity contribution in [1.29, 1.82) is 0 Å². The molecule has 0 radical (unpaired) electrons. The maximum Gasteiger partial charge on any atom is 0.263 e. The summed E-state index contributed by atoms with van der Waals surface area (Å²) in [4.78, 5) is 1.30. The summed E-state index contributed by atoms with van der Waals surface area (Å²) in [5.41, 5.74) is 5.62. The number of allylic oxidation sites excluding steroid dienone is 6. The van der Waals surface area contributed by atoms with E-state index in [0.717, 1.165) is 19.4 Å². The number of nitrogens with one attached hydrogen (secondary N) is 1. The molecule has 0 bridgehead atoms. The lowest BCUT2D eigenvalue weighted by Gasteiger charge is -2.30. The summed E-state index contributed by atoms with van der Waals surface area (Å²) in [5, 5.41) is 8.72. The summed E-state index contributed by atoms with van der Waals surface area (Å²) >= 11 is 3.70. The summed E-state index contributed by atoms with van der Waals surface area (Å²) in [6, 6.07) is 21.7. The van der Waals surface area contributed by atoms with Crippen LogP contribution in [0.3, 0.4) is 0 Å². The Bertz CT molecular complexity index is 1600. The molecule has 3 aromatic carbocycles. The van der Waals surface area contributed by atoms with E-state index in [2.05, 4.69) is 122 Å². The quantitative estimate of drug-likeness (QED) is 0.277. The number of rotatable bonds is 4. The largest absolute Gasteiger partial charge is 0.349 e. The van der Waals surface area contributed by atoms with Gasteiger partial charge in [-0.05, 0) is 59.9 Å². The van der Waals surface area contributed by atoms with Crippen LogP contribution in [-0.2, 0) is 6.54 Å². The Labute approximate surface area is 221 Å². The van der Waals surface area contributed by atoms with Gasteiger partial charge >= 0.3 is 0 Å². The van der Waals surface area contributed by atoms with Gasteiger partial charge in [0.05, 0.1) is 10.7 Å². The average molecular weight is 508 g/mol. The first kappa shape index (κ1) is 23.3. The molecule has 2 nitrogen and oxygen atoms in total. The number of anilines is 1. The molecule has 0 atom stereocenters. The lowest BCUT2D eigenvalue weighted by Crippen LogP contribution is -2.33. The lowest BCUT2D eigenvalue weighted by atomic mass is 9.75. The van der Waals surface area contributed by atoms with Crippen molar-refractivity contribution in [3.8, 4) is 0 Å². The third-order valence-electron chi connectivity index (χ3n) is 6.91. The molecule has 1 aliphatic carbocycles. The average Bonchev–Trinajstić information content (AvgIpc) is 3.43. The Kier molecular flexibility index (Phi) is 6.10. The lowest BCUT2D eigenvalue weighted by molar-refractivity contribution is -0.665. The van der Waals surface area contributed by atoms with Gasteiger partial charge in [0.15, 0.2) is 0 Å². The van der Waals surface area contributed by atoms with Crippen LogP contribution in [0.15, 0.2) is 106 Å². The molecule has 6 rings (SSSR count). The zero-order chi connectivity index (χ0) is 24.7. The topological polar surface area (TPSA) is 15.9 Å². The SMILES string of the molecule is CC[n+]1c(C=C2C=C(C=CC=C3Nc4c(ccc5ccccc45)S3)CC(C)(C)C2)sc2ccccc21. The van der Waals surface area contributed by atoms with Crippen LogP contribution in [0.4, 0.5) is 5.69 Å². The highest BCUT2D eigenvalue weighted by molar-refractivity contribution is 8.03. The van der Waals surface area contributed by atoms with Crippen molar-refractivity contribution in [2.75, 3.05) is 5.32 Å². The highest BCUT2D eigenvalue weighted by Gasteiger charge is 2.26. The Hall–Kier alpha value is -3.08. The van der Waals surface area contributed by atoms with Gasteiger partial charge in [0.25, 0.3) is 5.01 Å².